The van der Waals surface area contributed by atoms with E-state index in [4.69, 9.17) is 23.2 Å². The van der Waals surface area contributed by atoms with Crippen LogP contribution in [0.2, 0.25) is 10.0 Å². The highest BCUT2D eigenvalue weighted by molar-refractivity contribution is 6.33. The molecule has 6 rings (SSSR count). The zero-order valence-electron chi connectivity index (χ0n) is 22.2. The van der Waals surface area contributed by atoms with E-state index in [2.05, 4.69) is 17.0 Å². The number of nitrogens with one attached hydrogen (secondary N) is 1. The summed E-state index contributed by atoms with van der Waals surface area (Å²) in [5, 5.41) is 13.6. The molecule has 0 radical (unpaired) electrons. The van der Waals surface area contributed by atoms with Gasteiger partial charge in [-0.25, -0.2) is 4.98 Å². The van der Waals surface area contributed by atoms with Crippen molar-refractivity contribution in [3.8, 4) is 5.75 Å². The number of nitrogens with zero attached hydrogens (tertiary/aromatic N) is 2. The second kappa shape index (κ2) is 10.4. The van der Waals surface area contributed by atoms with Crippen LogP contribution in [0.25, 0.3) is 10.8 Å². The molecule has 3 aromatic carbocycles. The number of carbonyl (C=O) groups is 2. The van der Waals surface area contributed by atoms with Gasteiger partial charge in [-0.1, -0.05) is 84.4 Å². The summed E-state index contributed by atoms with van der Waals surface area (Å²) in [5.41, 5.74) is 1.40. The molecule has 218 valence electrons. The number of aromatic nitrogens is 1. The van der Waals surface area contributed by atoms with Gasteiger partial charge in [-0.3, -0.25) is 15.0 Å². The predicted molar refractivity (Wildman–Crippen MR) is 158 cm³/mol. The van der Waals surface area contributed by atoms with Gasteiger partial charge in [-0.05, 0) is 52.6 Å². The first-order valence-electron chi connectivity index (χ1n) is 13.2. The number of alkyl halides is 3. The van der Waals surface area contributed by atoms with Gasteiger partial charge < -0.3 is 5.11 Å². The quantitative estimate of drug-likeness (QED) is 0.222. The van der Waals surface area contributed by atoms with Crippen molar-refractivity contribution in [3.05, 3.63) is 124 Å². The number of phenolic OH excluding ortho intramolecular Hbond substituents is 1. The van der Waals surface area contributed by atoms with Crippen molar-refractivity contribution in [1.29, 1.82) is 0 Å². The standard InChI is InChI=1S/C32H22Cl2F3N3O3/c1-2-17-7-13-23-29(42)40(39-28-24(34)15-20(16-38-28)32(35,36)37)30(43)31(23,19-9-11-21(33)12-10-19)27(17)26-22-6-4-3-5-18(22)8-14-25(26)41/h2-12,14-16,23,27,41H,1,13H2,(H,38,39). The van der Waals surface area contributed by atoms with E-state index in [1.54, 1.807) is 42.5 Å². The van der Waals surface area contributed by atoms with Crippen LogP contribution in [0.5, 0.6) is 5.75 Å². The second-order valence-corrected chi connectivity index (χ2v) is 11.2. The molecule has 43 heavy (non-hydrogen) atoms. The van der Waals surface area contributed by atoms with Crippen LogP contribution in [0.3, 0.4) is 0 Å². The molecule has 2 amide bonds. The molecule has 1 fully saturated rings. The Morgan fingerprint density at radius 3 is 2.47 bits per heavy atom. The highest BCUT2D eigenvalue weighted by Crippen LogP contribution is 2.59. The number of fused-ring (bicyclic) bond motifs is 2. The number of hydrogen-bond acceptors (Lipinski definition) is 5. The summed E-state index contributed by atoms with van der Waals surface area (Å²) in [6.07, 6.45) is -0.571. The van der Waals surface area contributed by atoms with E-state index >= 15 is 0 Å². The maximum atomic E-state index is 14.8. The van der Waals surface area contributed by atoms with Crippen LogP contribution < -0.4 is 5.43 Å². The number of pyridine rings is 1. The Hall–Kier alpha value is -4.34. The number of anilines is 1. The largest absolute Gasteiger partial charge is 0.508 e. The van der Waals surface area contributed by atoms with E-state index in [9.17, 15) is 27.9 Å². The molecule has 3 atom stereocenters. The summed E-state index contributed by atoms with van der Waals surface area (Å²) >= 11 is 12.4. The Balaban J connectivity index is 1.58. The van der Waals surface area contributed by atoms with Gasteiger partial charge in [0.15, 0.2) is 5.82 Å². The first-order chi connectivity index (χ1) is 20.5. The normalized spacial score (nSPS) is 22.0. The van der Waals surface area contributed by atoms with Crippen molar-refractivity contribution >= 4 is 51.6 Å². The van der Waals surface area contributed by atoms with Gasteiger partial charge in [0.1, 0.15) is 5.75 Å². The fraction of sp³-hybridized carbons (Fsp3) is 0.156. The van der Waals surface area contributed by atoms with Gasteiger partial charge in [0.25, 0.3) is 11.8 Å². The lowest BCUT2D eigenvalue weighted by Gasteiger charge is -2.43. The number of rotatable bonds is 5. The lowest BCUT2D eigenvalue weighted by molar-refractivity contribution is -0.139. The summed E-state index contributed by atoms with van der Waals surface area (Å²) in [5.74, 6) is -3.59. The fourth-order valence-corrected chi connectivity index (χ4v) is 6.65. The highest BCUT2D eigenvalue weighted by atomic mass is 35.5. The van der Waals surface area contributed by atoms with Gasteiger partial charge in [0.05, 0.1) is 21.9 Å². The molecule has 6 nitrogen and oxygen atoms in total. The van der Waals surface area contributed by atoms with Gasteiger partial charge in [0, 0.05) is 22.7 Å². The van der Waals surface area contributed by atoms with E-state index in [0.29, 0.717) is 39.4 Å². The van der Waals surface area contributed by atoms with Crippen LogP contribution in [0.15, 0.2) is 97.2 Å². The van der Waals surface area contributed by atoms with Crippen LogP contribution in [0, 0.1) is 5.92 Å². The van der Waals surface area contributed by atoms with Crippen LogP contribution in [-0.4, -0.2) is 26.9 Å². The number of allylic oxidation sites excluding steroid dienone is 3. The molecular weight excluding hydrogens is 602 g/mol. The third-order valence-electron chi connectivity index (χ3n) is 8.18. The van der Waals surface area contributed by atoms with Gasteiger partial charge >= 0.3 is 6.18 Å². The van der Waals surface area contributed by atoms with E-state index < -0.39 is 45.8 Å². The van der Waals surface area contributed by atoms with E-state index in [0.717, 1.165) is 10.4 Å². The van der Waals surface area contributed by atoms with Crippen LogP contribution in [0.4, 0.5) is 19.0 Å². The zero-order valence-corrected chi connectivity index (χ0v) is 23.7. The average molecular weight is 624 g/mol. The van der Waals surface area contributed by atoms with Crippen molar-refractivity contribution in [2.75, 3.05) is 5.43 Å². The van der Waals surface area contributed by atoms with Gasteiger partial charge in [-0.2, -0.15) is 18.2 Å². The fourth-order valence-electron chi connectivity index (χ4n) is 6.32. The molecule has 1 aliphatic carbocycles. The van der Waals surface area contributed by atoms with Crippen molar-refractivity contribution < 1.29 is 27.9 Å². The number of aromatic hydroxyl groups is 1. The number of amides is 2. The monoisotopic (exact) mass is 623 g/mol. The number of carbonyl (C=O) groups excluding carboxylic acids is 2. The van der Waals surface area contributed by atoms with Crippen molar-refractivity contribution in [2.24, 2.45) is 5.92 Å². The predicted octanol–water partition coefficient (Wildman–Crippen LogP) is 7.82. The molecule has 1 aromatic heterocycles. The number of hydrazine groups is 1. The Labute approximate surface area is 254 Å². The molecule has 1 aliphatic heterocycles. The highest BCUT2D eigenvalue weighted by Gasteiger charge is 2.66. The lowest BCUT2D eigenvalue weighted by atomic mass is 9.55. The van der Waals surface area contributed by atoms with Crippen LogP contribution in [0.1, 0.15) is 29.0 Å². The van der Waals surface area contributed by atoms with Crippen molar-refractivity contribution in [1.82, 2.24) is 9.99 Å². The minimum atomic E-state index is -4.69. The summed E-state index contributed by atoms with van der Waals surface area (Å²) < 4.78 is 39.7. The maximum absolute atomic E-state index is 14.8. The molecule has 2 aliphatic rings. The summed E-state index contributed by atoms with van der Waals surface area (Å²) in [6, 6.07) is 17.9. The van der Waals surface area contributed by atoms with E-state index in [-0.39, 0.29) is 18.0 Å². The molecule has 2 N–H and O–H groups in total. The lowest BCUT2D eigenvalue weighted by Crippen LogP contribution is -2.48. The van der Waals surface area contributed by atoms with E-state index in [1.165, 1.54) is 0 Å². The number of imide groups is 1. The van der Waals surface area contributed by atoms with Crippen molar-refractivity contribution in [2.45, 2.75) is 23.9 Å². The summed E-state index contributed by atoms with van der Waals surface area (Å²) in [7, 11) is 0. The smallest absolute Gasteiger partial charge is 0.417 e. The molecule has 1 saturated heterocycles. The topological polar surface area (TPSA) is 82.5 Å². The Morgan fingerprint density at radius 1 is 1.07 bits per heavy atom. The maximum Gasteiger partial charge on any atom is 0.417 e. The molecular formula is C32H22Cl2F3N3O3. The third-order valence-corrected chi connectivity index (χ3v) is 8.72. The number of hydrogen-bond donors (Lipinski definition) is 2. The van der Waals surface area contributed by atoms with Gasteiger partial charge in [-0.15, -0.1) is 0 Å². The zero-order chi connectivity index (χ0) is 30.7. The minimum Gasteiger partial charge on any atom is -0.508 e. The number of phenols is 1. The number of benzene rings is 3. The van der Waals surface area contributed by atoms with Crippen molar-refractivity contribution in [3.63, 3.8) is 0 Å². The van der Waals surface area contributed by atoms with Crippen LogP contribution in [-0.2, 0) is 21.2 Å². The molecule has 4 aromatic rings. The summed E-state index contributed by atoms with van der Waals surface area (Å²) in [6.45, 7) is 3.98. The average Bonchev–Trinajstić information content (AvgIpc) is 3.20. The molecule has 11 heteroatoms. The second-order valence-electron chi connectivity index (χ2n) is 10.4. The Morgan fingerprint density at radius 2 is 1.79 bits per heavy atom. The third kappa shape index (κ3) is 4.46. The summed E-state index contributed by atoms with van der Waals surface area (Å²) in [4.78, 5) is 32.7. The van der Waals surface area contributed by atoms with E-state index in [1.807, 2.05) is 30.3 Å². The SMILES string of the molecule is C=CC1=CCC2C(=O)N(Nc3ncc(C(F)(F)F)cc3Cl)C(=O)C2(c2ccc(Cl)cc2)C1c1c(O)ccc2ccccc12. The Bertz CT molecular complexity index is 1840. The van der Waals surface area contributed by atoms with Crippen LogP contribution >= 0.6 is 23.2 Å². The molecule has 0 spiro atoms. The molecule has 0 saturated carbocycles. The van der Waals surface area contributed by atoms with Gasteiger partial charge in [0.2, 0.25) is 0 Å². The first-order valence-corrected chi connectivity index (χ1v) is 13.9. The molecule has 3 unspecified atom stereocenters. The molecule has 2 heterocycles. The molecule has 0 bridgehead atoms. The Kier molecular flexibility index (Phi) is 6.98. The minimum absolute atomic E-state index is 0.0791. The number of halogens is 5. The first kappa shape index (κ1) is 28.8.